The fraction of sp³-hybridized carbons (Fsp3) is 0.500. The number of aryl methyl sites for hydroxylation is 1. The monoisotopic (exact) mass is 248 g/mol. The Kier molecular flexibility index (Phi) is 4.20. The van der Waals surface area contributed by atoms with Gasteiger partial charge in [0, 0.05) is 6.54 Å². The Morgan fingerprint density at radius 3 is 2.89 bits per heavy atom. The van der Waals surface area contributed by atoms with Crippen LogP contribution in [0.4, 0.5) is 0 Å². The van der Waals surface area contributed by atoms with Crippen molar-refractivity contribution in [3.63, 3.8) is 0 Å². The smallest absolute Gasteiger partial charge is 0.408 e. The minimum absolute atomic E-state index is 0.264. The van der Waals surface area contributed by atoms with Crippen LogP contribution in [0.1, 0.15) is 20.3 Å². The van der Waals surface area contributed by atoms with Gasteiger partial charge in [0.2, 0.25) is 0 Å². The molecule has 2 rings (SSSR count). The van der Waals surface area contributed by atoms with Crippen molar-refractivity contribution in [1.82, 2.24) is 9.88 Å². The third-order valence-corrected chi connectivity index (χ3v) is 2.86. The fourth-order valence-electron chi connectivity index (χ4n) is 1.98. The Bertz CT molecular complexity index is 554. The molecule has 0 spiro atoms. The van der Waals surface area contributed by atoms with E-state index in [1.54, 1.807) is 4.57 Å². The molecule has 0 aliphatic carbocycles. The van der Waals surface area contributed by atoms with Gasteiger partial charge in [-0.2, -0.15) is 0 Å². The summed E-state index contributed by atoms with van der Waals surface area (Å²) in [5.74, 6) is 0.391. The Balaban J connectivity index is 1.95. The highest BCUT2D eigenvalue weighted by Gasteiger charge is 2.07. The number of rotatable bonds is 6. The number of fused-ring (bicyclic) bond motifs is 1. The van der Waals surface area contributed by atoms with Gasteiger partial charge in [-0.15, -0.1) is 0 Å². The lowest BCUT2D eigenvalue weighted by atomic mass is 10.2. The van der Waals surface area contributed by atoms with Crippen LogP contribution in [-0.2, 0) is 6.54 Å². The van der Waals surface area contributed by atoms with E-state index in [0.29, 0.717) is 18.0 Å². The number of oxazole rings is 1. The van der Waals surface area contributed by atoms with Crippen LogP contribution < -0.4 is 11.1 Å². The van der Waals surface area contributed by atoms with Crippen molar-refractivity contribution in [2.45, 2.75) is 26.8 Å². The van der Waals surface area contributed by atoms with E-state index in [4.69, 9.17) is 4.42 Å². The van der Waals surface area contributed by atoms with Crippen LogP contribution in [0, 0.1) is 5.92 Å². The molecule has 1 aromatic carbocycles. The van der Waals surface area contributed by atoms with Crippen molar-refractivity contribution in [2.75, 3.05) is 13.1 Å². The van der Waals surface area contributed by atoms with Crippen molar-refractivity contribution in [1.29, 1.82) is 0 Å². The van der Waals surface area contributed by atoms with Gasteiger partial charge in [-0.05, 0) is 37.6 Å². The van der Waals surface area contributed by atoms with Crippen molar-refractivity contribution >= 4 is 11.1 Å². The quantitative estimate of drug-likeness (QED) is 0.797. The molecule has 0 radical (unpaired) electrons. The van der Waals surface area contributed by atoms with E-state index in [-0.39, 0.29) is 5.76 Å². The average molecular weight is 248 g/mol. The zero-order valence-corrected chi connectivity index (χ0v) is 11.0. The minimum atomic E-state index is -0.264. The first kappa shape index (κ1) is 12.9. The standard InChI is InChI=1S/C14H20N2O2/c1-11(2)10-15-8-5-9-16-12-6-3-4-7-13(12)18-14(16)17/h3-4,6-7,11,15H,5,8-10H2,1-2H3. The molecule has 1 heterocycles. The van der Waals surface area contributed by atoms with Crippen LogP contribution in [0.15, 0.2) is 33.5 Å². The molecule has 0 atom stereocenters. The first-order valence-electron chi connectivity index (χ1n) is 6.47. The summed E-state index contributed by atoms with van der Waals surface area (Å²) in [6.45, 7) is 6.99. The number of benzene rings is 1. The SMILES string of the molecule is CC(C)CNCCCn1c(=O)oc2ccccc21. The Labute approximate surface area is 107 Å². The molecular formula is C14H20N2O2. The summed E-state index contributed by atoms with van der Waals surface area (Å²) in [7, 11) is 0. The molecule has 0 bridgehead atoms. The van der Waals surface area contributed by atoms with E-state index in [1.807, 2.05) is 24.3 Å². The molecule has 0 unspecified atom stereocenters. The summed E-state index contributed by atoms with van der Waals surface area (Å²) >= 11 is 0. The van der Waals surface area contributed by atoms with Crippen molar-refractivity contribution in [3.8, 4) is 0 Å². The molecule has 0 saturated heterocycles. The maximum absolute atomic E-state index is 11.7. The molecule has 18 heavy (non-hydrogen) atoms. The second-order valence-electron chi connectivity index (χ2n) is 4.94. The zero-order valence-electron chi connectivity index (χ0n) is 11.0. The maximum atomic E-state index is 11.7. The average Bonchev–Trinajstić information content (AvgIpc) is 2.65. The summed E-state index contributed by atoms with van der Waals surface area (Å²) in [4.78, 5) is 11.7. The molecule has 1 aromatic heterocycles. The Hall–Kier alpha value is -1.55. The number of nitrogens with one attached hydrogen (secondary N) is 1. The zero-order chi connectivity index (χ0) is 13.0. The normalized spacial score (nSPS) is 11.5. The molecule has 0 saturated carbocycles. The van der Waals surface area contributed by atoms with Crippen LogP contribution in [-0.4, -0.2) is 17.7 Å². The van der Waals surface area contributed by atoms with Crippen LogP contribution >= 0.6 is 0 Å². The molecule has 0 fully saturated rings. The second-order valence-corrected chi connectivity index (χ2v) is 4.94. The van der Waals surface area contributed by atoms with Crippen LogP contribution in [0.2, 0.25) is 0 Å². The third-order valence-electron chi connectivity index (χ3n) is 2.86. The summed E-state index contributed by atoms with van der Waals surface area (Å²) in [6.07, 6.45) is 0.927. The Morgan fingerprint density at radius 2 is 2.11 bits per heavy atom. The fourth-order valence-corrected chi connectivity index (χ4v) is 1.98. The van der Waals surface area contributed by atoms with Gasteiger partial charge in [-0.3, -0.25) is 4.57 Å². The number of aromatic nitrogens is 1. The van der Waals surface area contributed by atoms with Crippen LogP contribution in [0.25, 0.3) is 11.1 Å². The number of hydrogen-bond donors (Lipinski definition) is 1. The number of hydrogen-bond acceptors (Lipinski definition) is 3. The topological polar surface area (TPSA) is 47.2 Å². The second kappa shape index (κ2) is 5.87. The van der Waals surface area contributed by atoms with Gasteiger partial charge >= 0.3 is 5.76 Å². The van der Waals surface area contributed by atoms with Gasteiger partial charge in [0.15, 0.2) is 5.58 Å². The highest BCUT2D eigenvalue weighted by Crippen LogP contribution is 2.11. The molecule has 4 heteroatoms. The molecule has 0 amide bonds. The first-order chi connectivity index (χ1) is 8.68. The van der Waals surface area contributed by atoms with Gasteiger partial charge < -0.3 is 9.73 Å². The lowest BCUT2D eigenvalue weighted by Gasteiger charge is -2.07. The van der Waals surface area contributed by atoms with Crippen molar-refractivity contribution in [2.24, 2.45) is 5.92 Å². The molecule has 1 N–H and O–H groups in total. The number of nitrogens with zero attached hydrogens (tertiary/aromatic N) is 1. The van der Waals surface area contributed by atoms with E-state index < -0.39 is 0 Å². The summed E-state index contributed by atoms with van der Waals surface area (Å²) in [6, 6.07) is 7.54. The first-order valence-corrected chi connectivity index (χ1v) is 6.47. The highest BCUT2D eigenvalue weighted by molar-refractivity contribution is 5.72. The molecular weight excluding hydrogens is 228 g/mol. The van der Waals surface area contributed by atoms with Crippen molar-refractivity contribution < 1.29 is 4.42 Å². The minimum Gasteiger partial charge on any atom is -0.408 e. The maximum Gasteiger partial charge on any atom is 0.419 e. The number of para-hydroxylation sites is 2. The van der Waals surface area contributed by atoms with E-state index in [9.17, 15) is 4.79 Å². The lowest BCUT2D eigenvalue weighted by Crippen LogP contribution is -2.23. The van der Waals surface area contributed by atoms with E-state index in [2.05, 4.69) is 19.2 Å². The van der Waals surface area contributed by atoms with Gasteiger partial charge in [0.1, 0.15) is 0 Å². The largest absolute Gasteiger partial charge is 0.419 e. The molecule has 98 valence electrons. The summed E-state index contributed by atoms with van der Waals surface area (Å²) < 4.78 is 6.88. The lowest BCUT2D eigenvalue weighted by molar-refractivity contribution is 0.481. The summed E-state index contributed by atoms with van der Waals surface area (Å²) in [5, 5.41) is 3.37. The summed E-state index contributed by atoms with van der Waals surface area (Å²) in [5.41, 5.74) is 1.55. The third kappa shape index (κ3) is 3.01. The van der Waals surface area contributed by atoms with Gasteiger partial charge in [0.25, 0.3) is 0 Å². The Morgan fingerprint density at radius 1 is 1.33 bits per heavy atom. The van der Waals surface area contributed by atoms with Gasteiger partial charge in [-0.1, -0.05) is 26.0 Å². The predicted octanol–water partition coefficient (Wildman–Crippen LogP) is 2.23. The van der Waals surface area contributed by atoms with E-state index in [0.717, 1.165) is 25.0 Å². The molecule has 2 aromatic rings. The van der Waals surface area contributed by atoms with E-state index in [1.165, 1.54) is 0 Å². The van der Waals surface area contributed by atoms with Gasteiger partial charge in [-0.25, -0.2) is 4.79 Å². The van der Waals surface area contributed by atoms with Crippen molar-refractivity contribution in [3.05, 3.63) is 34.8 Å². The van der Waals surface area contributed by atoms with Crippen LogP contribution in [0.3, 0.4) is 0 Å². The molecule has 0 aliphatic rings. The molecule has 0 aliphatic heterocycles. The van der Waals surface area contributed by atoms with Gasteiger partial charge in [0.05, 0.1) is 5.52 Å². The predicted molar refractivity (Wildman–Crippen MR) is 72.8 cm³/mol. The van der Waals surface area contributed by atoms with Crippen LogP contribution in [0.5, 0.6) is 0 Å². The molecule has 4 nitrogen and oxygen atoms in total. The highest BCUT2D eigenvalue weighted by atomic mass is 16.4. The van der Waals surface area contributed by atoms with E-state index >= 15 is 0 Å².